The van der Waals surface area contributed by atoms with Crippen molar-refractivity contribution in [2.45, 2.75) is 84.0 Å². The molecule has 0 bridgehead atoms. The number of unbranched alkanes of at least 4 members (excludes halogenated alkanes) is 9. The minimum Gasteiger partial charge on any atom is -0.481 e. The predicted molar refractivity (Wildman–Crippen MR) is 81.7 cm³/mol. The molecule has 0 atom stereocenters. The fourth-order valence-electron chi connectivity index (χ4n) is 2.26. The Kier molecular flexibility index (Phi) is 13.6. The van der Waals surface area contributed by atoms with Gasteiger partial charge in [0.05, 0.1) is 0 Å². The predicted octanol–water partition coefficient (Wildman–Crippen LogP) is 3.89. The topological polar surface area (TPSA) is 66.4 Å². The summed E-state index contributed by atoms with van der Waals surface area (Å²) in [6.45, 7) is 2.67. The Morgan fingerprint density at radius 3 is 1.55 bits per heavy atom. The lowest BCUT2D eigenvalue weighted by Gasteiger charge is -2.03. The van der Waals surface area contributed by atoms with E-state index in [-0.39, 0.29) is 5.91 Å². The molecule has 0 aliphatic carbocycles. The minimum atomic E-state index is -0.683. The molecule has 0 saturated carbocycles. The van der Waals surface area contributed by atoms with E-state index in [0.29, 0.717) is 12.8 Å². The molecule has 0 aliphatic heterocycles. The van der Waals surface area contributed by atoms with Crippen molar-refractivity contribution in [1.29, 1.82) is 0 Å². The van der Waals surface area contributed by atoms with Crippen LogP contribution in [0.3, 0.4) is 0 Å². The second-order valence-electron chi connectivity index (χ2n) is 5.38. The Balaban J connectivity index is 3.06. The number of carboxylic acids is 1. The minimum absolute atomic E-state index is 0.175. The summed E-state index contributed by atoms with van der Waals surface area (Å²) in [6.07, 6.45) is 12.4. The van der Waals surface area contributed by atoms with Gasteiger partial charge in [-0.15, -0.1) is 0 Å². The lowest BCUT2D eigenvalue weighted by atomic mass is 10.1. The van der Waals surface area contributed by atoms with E-state index in [9.17, 15) is 9.59 Å². The summed E-state index contributed by atoms with van der Waals surface area (Å²) in [5, 5.41) is 11.3. The first-order chi connectivity index (χ1) is 9.66. The van der Waals surface area contributed by atoms with Gasteiger partial charge < -0.3 is 10.4 Å². The molecule has 0 radical (unpaired) electrons. The lowest BCUT2D eigenvalue weighted by Crippen LogP contribution is -2.21. The zero-order valence-corrected chi connectivity index (χ0v) is 13.0. The molecule has 0 unspecified atom stereocenters. The molecule has 0 saturated heterocycles. The van der Waals surface area contributed by atoms with E-state index in [1.807, 2.05) is 6.92 Å². The van der Waals surface area contributed by atoms with Crippen LogP contribution in [0, 0.1) is 0 Å². The number of hydrogen-bond donors (Lipinski definition) is 2. The highest BCUT2D eigenvalue weighted by Crippen LogP contribution is 2.11. The highest BCUT2D eigenvalue weighted by atomic mass is 16.4. The van der Waals surface area contributed by atoms with Crippen LogP contribution in [-0.2, 0) is 9.59 Å². The first-order valence-electron chi connectivity index (χ1n) is 8.15. The third-order valence-electron chi connectivity index (χ3n) is 3.42. The molecule has 0 aromatic rings. The van der Waals surface area contributed by atoms with Gasteiger partial charge in [-0.25, -0.2) is 0 Å². The zero-order chi connectivity index (χ0) is 15.1. The van der Waals surface area contributed by atoms with Crippen LogP contribution in [0.4, 0.5) is 0 Å². The van der Waals surface area contributed by atoms with Crippen LogP contribution in [0.25, 0.3) is 0 Å². The number of carboxylic acid groups (broad SMARTS) is 1. The molecule has 4 heteroatoms. The molecule has 0 aromatic carbocycles. The quantitative estimate of drug-likeness (QED) is 0.476. The molecular formula is C16H31NO3. The molecule has 118 valence electrons. The van der Waals surface area contributed by atoms with Gasteiger partial charge in [0, 0.05) is 19.4 Å². The van der Waals surface area contributed by atoms with Crippen molar-refractivity contribution in [2.75, 3.05) is 6.54 Å². The van der Waals surface area contributed by atoms with Crippen molar-refractivity contribution in [3.63, 3.8) is 0 Å². The van der Waals surface area contributed by atoms with Crippen molar-refractivity contribution >= 4 is 11.9 Å². The molecule has 1 amide bonds. The Morgan fingerprint density at radius 2 is 1.15 bits per heavy atom. The lowest BCUT2D eigenvalue weighted by molar-refractivity contribution is -0.137. The number of rotatable bonds is 14. The van der Waals surface area contributed by atoms with E-state index in [1.54, 1.807) is 0 Å². The highest BCUT2D eigenvalue weighted by molar-refractivity contribution is 5.75. The van der Waals surface area contributed by atoms with Crippen molar-refractivity contribution in [2.24, 2.45) is 0 Å². The van der Waals surface area contributed by atoms with Crippen LogP contribution < -0.4 is 5.32 Å². The van der Waals surface area contributed by atoms with E-state index in [4.69, 9.17) is 5.11 Å². The summed E-state index contributed by atoms with van der Waals surface area (Å²) >= 11 is 0. The zero-order valence-electron chi connectivity index (χ0n) is 13.0. The monoisotopic (exact) mass is 285 g/mol. The van der Waals surface area contributed by atoms with E-state index in [0.717, 1.165) is 38.6 Å². The van der Waals surface area contributed by atoms with Crippen molar-refractivity contribution in [3.05, 3.63) is 0 Å². The third kappa shape index (κ3) is 15.0. The summed E-state index contributed by atoms with van der Waals surface area (Å²) < 4.78 is 0. The average molecular weight is 285 g/mol. The SMILES string of the molecule is CCNC(=O)CCCCCCCCCCCCC(=O)O. The molecule has 0 rings (SSSR count). The maximum atomic E-state index is 11.2. The summed E-state index contributed by atoms with van der Waals surface area (Å²) in [5.74, 6) is -0.508. The maximum Gasteiger partial charge on any atom is 0.303 e. The van der Waals surface area contributed by atoms with Gasteiger partial charge >= 0.3 is 5.97 Å². The van der Waals surface area contributed by atoms with Gasteiger partial charge in [0.2, 0.25) is 5.91 Å². The average Bonchev–Trinajstić information content (AvgIpc) is 2.40. The normalized spacial score (nSPS) is 10.4. The molecule has 4 nitrogen and oxygen atoms in total. The number of aliphatic carboxylic acids is 1. The molecule has 0 fully saturated rings. The van der Waals surface area contributed by atoms with E-state index in [1.165, 1.54) is 32.1 Å². The van der Waals surface area contributed by atoms with Crippen molar-refractivity contribution in [1.82, 2.24) is 5.32 Å². The Hall–Kier alpha value is -1.06. The fourth-order valence-corrected chi connectivity index (χ4v) is 2.26. The maximum absolute atomic E-state index is 11.2. The molecule has 0 aliphatic rings. The van der Waals surface area contributed by atoms with Gasteiger partial charge in [-0.05, 0) is 19.8 Å². The van der Waals surface area contributed by atoms with Gasteiger partial charge in [-0.2, -0.15) is 0 Å². The Labute approximate surface area is 123 Å². The number of amides is 1. The van der Waals surface area contributed by atoms with Crippen LogP contribution in [0.2, 0.25) is 0 Å². The smallest absolute Gasteiger partial charge is 0.303 e. The molecule has 0 heterocycles. The standard InChI is InChI=1S/C16H31NO3/c1-2-17-15(18)13-11-9-7-5-3-4-6-8-10-12-14-16(19)20/h2-14H2,1H3,(H,17,18)(H,19,20). The largest absolute Gasteiger partial charge is 0.481 e. The Morgan fingerprint density at radius 1 is 0.750 bits per heavy atom. The van der Waals surface area contributed by atoms with E-state index < -0.39 is 5.97 Å². The number of hydrogen-bond acceptors (Lipinski definition) is 2. The van der Waals surface area contributed by atoms with Crippen LogP contribution in [0.1, 0.15) is 84.0 Å². The van der Waals surface area contributed by atoms with Gasteiger partial charge in [0.15, 0.2) is 0 Å². The Bertz CT molecular complexity index is 254. The van der Waals surface area contributed by atoms with Crippen LogP contribution in [0.5, 0.6) is 0 Å². The molecule has 0 spiro atoms. The van der Waals surface area contributed by atoms with Crippen molar-refractivity contribution in [3.8, 4) is 0 Å². The third-order valence-corrected chi connectivity index (χ3v) is 3.42. The molecule has 20 heavy (non-hydrogen) atoms. The van der Waals surface area contributed by atoms with Crippen molar-refractivity contribution < 1.29 is 14.7 Å². The first kappa shape index (κ1) is 18.9. The van der Waals surface area contributed by atoms with Gasteiger partial charge in [-0.1, -0.05) is 51.4 Å². The van der Waals surface area contributed by atoms with Crippen LogP contribution in [0.15, 0.2) is 0 Å². The van der Waals surface area contributed by atoms with E-state index >= 15 is 0 Å². The summed E-state index contributed by atoms with van der Waals surface area (Å²) in [5.41, 5.74) is 0. The summed E-state index contributed by atoms with van der Waals surface area (Å²) in [7, 11) is 0. The summed E-state index contributed by atoms with van der Waals surface area (Å²) in [6, 6.07) is 0. The van der Waals surface area contributed by atoms with Crippen LogP contribution in [-0.4, -0.2) is 23.5 Å². The summed E-state index contributed by atoms with van der Waals surface area (Å²) in [4.78, 5) is 21.5. The number of nitrogens with one attached hydrogen (secondary N) is 1. The molecular weight excluding hydrogens is 254 g/mol. The van der Waals surface area contributed by atoms with Crippen LogP contribution >= 0.6 is 0 Å². The van der Waals surface area contributed by atoms with Gasteiger partial charge in [0.1, 0.15) is 0 Å². The second-order valence-corrected chi connectivity index (χ2v) is 5.38. The van der Waals surface area contributed by atoms with E-state index in [2.05, 4.69) is 5.32 Å². The first-order valence-corrected chi connectivity index (χ1v) is 8.15. The van der Waals surface area contributed by atoms with Gasteiger partial charge in [-0.3, -0.25) is 9.59 Å². The number of carbonyl (C=O) groups excluding carboxylic acids is 1. The molecule has 2 N–H and O–H groups in total. The second kappa shape index (κ2) is 14.4. The fraction of sp³-hybridized carbons (Fsp3) is 0.875. The highest BCUT2D eigenvalue weighted by Gasteiger charge is 1.99. The van der Waals surface area contributed by atoms with Gasteiger partial charge in [0.25, 0.3) is 0 Å². The molecule has 0 aromatic heterocycles. The number of carbonyl (C=O) groups is 2.